The summed E-state index contributed by atoms with van der Waals surface area (Å²) in [6.07, 6.45) is 0.978. The summed E-state index contributed by atoms with van der Waals surface area (Å²) in [6.45, 7) is 1.34. The van der Waals surface area contributed by atoms with Crippen molar-refractivity contribution in [2.45, 2.75) is 18.9 Å². The Balaban J connectivity index is 1.56. The first-order valence-electron chi connectivity index (χ1n) is 8.45. The second-order valence-corrected chi connectivity index (χ2v) is 6.38. The smallest absolute Gasteiger partial charge is 0.407 e. The van der Waals surface area contributed by atoms with E-state index in [2.05, 4.69) is 17.4 Å². The van der Waals surface area contributed by atoms with Crippen molar-refractivity contribution in [2.24, 2.45) is 7.05 Å². The van der Waals surface area contributed by atoms with Crippen molar-refractivity contribution < 1.29 is 14.3 Å². The van der Waals surface area contributed by atoms with E-state index in [1.165, 1.54) is 11.3 Å². The van der Waals surface area contributed by atoms with Gasteiger partial charge in [-0.05, 0) is 6.42 Å². The van der Waals surface area contributed by atoms with Gasteiger partial charge in [0.1, 0.15) is 12.6 Å². The second-order valence-electron chi connectivity index (χ2n) is 6.38. The molecule has 4 rings (SSSR count). The highest BCUT2D eigenvalue weighted by molar-refractivity contribution is 5.88. The molecule has 0 aliphatic carbocycles. The monoisotopic (exact) mass is 340 g/mol. The van der Waals surface area contributed by atoms with E-state index in [4.69, 9.17) is 9.84 Å². The molecule has 2 amide bonds. The number of hydrogen-bond donors (Lipinski definition) is 1. The van der Waals surface area contributed by atoms with E-state index in [1.54, 1.807) is 0 Å². The number of fused-ring (bicyclic) bond motifs is 1. The van der Waals surface area contributed by atoms with Gasteiger partial charge in [0.25, 0.3) is 0 Å². The Labute approximate surface area is 145 Å². The summed E-state index contributed by atoms with van der Waals surface area (Å²) in [5.41, 5.74) is 4.46. The van der Waals surface area contributed by atoms with Crippen LogP contribution >= 0.6 is 0 Å². The standard InChI is InChI=1S/C18H20N4O3/c1-21-15-8-10-22(17(23)14-11-25-18(24)19-14)9-7-13(15)16(20-21)12-5-3-2-4-6-12/h2-6,14H,7-11H2,1H3,(H,19,24)/t14-/m0/s1. The first kappa shape index (κ1) is 15.7. The van der Waals surface area contributed by atoms with Crippen LogP contribution in [0.3, 0.4) is 0 Å². The highest BCUT2D eigenvalue weighted by atomic mass is 16.6. The third-order valence-electron chi connectivity index (χ3n) is 4.86. The highest BCUT2D eigenvalue weighted by Gasteiger charge is 2.33. The Morgan fingerprint density at radius 3 is 2.72 bits per heavy atom. The van der Waals surface area contributed by atoms with E-state index in [0.29, 0.717) is 13.1 Å². The van der Waals surface area contributed by atoms with Crippen molar-refractivity contribution in [3.05, 3.63) is 41.6 Å². The molecule has 25 heavy (non-hydrogen) atoms. The average molecular weight is 340 g/mol. The van der Waals surface area contributed by atoms with Gasteiger partial charge in [-0.15, -0.1) is 0 Å². The second kappa shape index (κ2) is 6.23. The first-order valence-corrected chi connectivity index (χ1v) is 8.45. The number of benzene rings is 1. The minimum atomic E-state index is -0.569. The number of amides is 2. The lowest BCUT2D eigenvalue weighted by Crippen LogP contribution is -2.46. The van der Waals surface area contributed by atoms with Crippen LogP contribution in [0.4, 0.5) is 4.79 Å². The minimum absolute atomic E-state index is 0.0760. The topological polar surface area (TPSA) is 76.5 Å². The van der Waals surface area contributed by atoms with Crippen molar-refractivity contribution in [2.75, 3.05) is 19.7 Å². The first-order chi connectivity index (χ1) is 12.1. The van der Waals surface area contributed by atoms with Crippen molar-refractivity contribution >= 4 is 12.0 Å². The zero-order valence-corrected chi connectivity index (χ0v) is 14.1. The van der Waals surface area contributed by atoms with Gasteiger partial charge in [0.2, 0.25) is 5.91 Å². The van der Waals surface area contributed by atoms with Crippen molar-refractivity contribution in [1.29, 1.82) is 0 Å². The molecule has 0 radical (unpaired) electrons. The number of nitrogens with zero attached hydrogens (tertiary/aromatic N) is 3. The van der Waals surface area contributed by atoms with Crippen LogP contribution in [0, 0.1) is 0 Å². The summed E-state index contributed by atoms with van der Waals surface area (Å²) in [5, 5.41) is 7.26. The van der Waals surface area contributed by atoms with Crippen LogP contribution in [-0.4, -0.2) is 52.4 Å². The molecule has 1 atom stereocenters. The molecule has 1 aromatic heterocycles. The number of aryl methyl sites for hydroxylation is 1. The maximum Gasteiger partial charge on any atom is 0.407 e. The molecule has 1 fully saturated rings. The lowest BCUT2D eigenvalue weighted by Gasteiger charge is -2.22. The van der Waals surface area contributed by atoms with Gasteiger partial charge >= 0.3 is 6.09 Å². The molecule has 2 aromatic rings. The van der Waals surface area contributed by atoms with Gasteiger partial charge in [-0.2, -0.15) is 5.10 Å². The minimum Gasteiger partial charge on any atom is -0.447 e. The van der Waals surface area contributed by atoms with Crippen molar-refractivity contribution in [1.82, 2.24) is 20.0 Å². The maximum atomic E-state index is 12.6. The van der Waals surface area contributed by atoms with Crippen LogP contribution in [0.15, 0.2) is 30.3 Å². The zero-order valence-electron chi connectivity index (χ0n) is 14.1. The Morgan fingerprint density at radius 1 is 1.24 bits per heavy atom. The van der Waals surface area contributed by atoms with E-state index in [-0.39, 0.29) is 12.5 Å². The molecule has 7 nitrogen and oxygen atoms in total. The molecule has 0 saturated carbocycles. The number of cyclic esters (lactones) is 1. The Hall–Kier alpha value is -2.83. The van der Waals surface area contributed by atoms with Crippen LogP contribution in [0.2, 0.25) is 0 Å². The van der Waals surface area contributed by atoms with Gasteiger partial charge in [0.05, 0.1) is 5.69 Å². The number of aromatic nitrogens is 2. The van der Waals surface area contributed by atoms with E-state index in [9.17, 15) is 9.59 Å². The molecule has 0 bridgehead atoms. The molecule has 3 heterocycles. The Bertz CT molecular complexity index is 815. The van der Waals surface area contributed by atoms with Crippen LogP contribution < -0.4 is 5.32 Å². The molecular weight excluding hydrogens is 320 g/mol. The van der Waals surface area contributed by atoms with Crippen LogP contribution in [0.25, 0.3) is 11.3 Å². The highest BCUT2D eigenvalue weighted by Crippen LogP contribution is 2.28. The molecule has 2 aliphatic rings. The fourth-order valence-electron chi connectivity index (χ4n) is 3.56. The van der Waals surface area contributed by atoms with Gasteiger partial charge in [-0.25, -0.2) is 4.79 Å². The fraction of sp³-hybridized carbons (Fsp3) is 0.389. The van der Waals surface area contributed by atoms with E-state index in [1.807, 2.05) is 34.8 Å². The predicted molar refractivity (Wildman–Crippen MR) is 90.9 cm³/mol. The van der Waals surface area contributed by atoms with Gasteiger partial charge in [-0.1, -0.05) is 30.3 Å². The van der Waals surface area contributed by atoms with Gasteiger partial charge in [0, 0.05) is 43.4 Å². The predicted octanol–water partition coefficient (Wildman–Crippen LogP) is 1.12. The maximum absolute atomic E-state index is 12.6. The summed E-state index contributed by atoms with van der Waals surface area (Å²) in [7, 11) is 1.95. The third kappa shape index (κ3) is 2.86. The number of alkyl carbamates (subject to hydrolysis) is 1. The quantitative estimate of drug-likeness (QED) is 0.889. The molecule has 1 saturated heterocycles. The van der Waals surface area contributed by atoms with Crippen molar-refractivity contribution in [3.8, 4) is 11.3 Å². The Kier molecular flexibility index (Phi) is 3.91. The fourth-order valence-corrected chi connectivity index (χ4v) is 3.56. The summed E-state index contributed by atoms with van der Waals surface area (Å²) in [4.78, 5) is 25.6. The summed E-state index contributed by atoms with van der Waals surface area (Å²) < 4.78 is 6.76. The number of rotatable bonds is 2. The lowest BCUT2D eigenvalue weighted by atomic mass is 10.0. The van der Waals surface area contributed by atoms with Crippen LogP contribution in [0.1, 0.15) is 11.3 Å². The number of carbonyl (C=O) groups is 2. The lowest BCUT2D eigenvalue weighted by molar-refractivity contribution is -0.133. The average Bonchev–Trinajstić information content (AvgIpc) is 3.11. The molecule has 2 aliphatic heterocycles. The molecule has 130 valence electrons. The van der Waals surface area contributed by atoms with Crippen molar-refractivity contribution in [3.63, 3.8) is 0 Å². The van der Waals surface area contributed by atoms with E-state index >= 15 is 0 Å². The number of nitrogens with one attached hydrogen (secondary N) is 1. The molecule has 0 spiro atoms. The molecule has 0 unspecified atom stereocenters. The van der Waals surface area contributed by atoms with Gasteiger partial charge in [-0.3, -0.25) is 9.48 Å². The molecule has 1 N–H and O–H groups in total. The van der Waals surface area contributed by atoms with E-state index < -0.39 is 12.1 Å². The SMILES string of the molecule is Cn1nc(-c2ccccc2)c2c1CCN(C(=O)[C@@H]1COC(=O)N1)CC2. The van der Waals surface area contributed by atoms with Crippen LogP contribution in [0.5, 0.6) is 0 Å². The zero-order chi connectivity index (χ0) is 17.4. The number of carbonyl (C=O) groups excluding carboxylic acids is 2. The van der Waals surface area contributed by atoms with Gasteiger partial charge in [0.15, 0.2) is 0 Å². The van der Waals surface area contributed by atoms with E-state index in [0.717, 1.165) is 24.1 Å². The summed E-state index contributed by atoms with van der Waals surface area (Å²) in [6, 6.07) is 9.55. The summed E-state index contributed by atoms with van der Waals surface area (Å²) >= 11 is 0. The van der Waals surface area contributed by atoms with Crippen LogP contribution in [-0.2, 0) is 29.4 Å². The van der Waals surface area contributed by atoms with Gasteiger partial charge < -0.3 is 15.0 Å². The molecule has 7 heteroatoms. The normalized spacial score (nSPS) is 19.8. The molecular formula is C18H20N4O3. The third-order valence-corrected chi connectivity index (χ3v) is 4.86. The largest absolute Gasteiger partial charge is 0.447 e. The molecule has 1 aromatic carbocycles. The number of ether oxygens (including phenoxy) is 1. The Morgan fingerprint density at radius 2 is 2.00 bits per heavy atom. The summed E-state index contributed by atoms with van der Waals surface area (Å²) in [5.74, 6) is -0.0760. The number of hydrogen-bond acceptors (Lipinski definition) is 4.